The summed E-state index contributed by atoms with van der Waals surface area (Å²) in [5.41, 5.74) is -0.237. The van der Waals surface area contributed by atoms with Gasteiger partial charge in [0.2, 0.25) is 12.2 Å². The zero-order valence-electron chi connectivity index (χ0n) is 27.8. The molecule has 6 N–H and O–H groups in total. The van der Waals surface area contributed by atoms with E-state index in [1.807, 2.05) is 0 Å². The number of aliphatic hydroxyl groups is 3. The van der Waals surface area contributed by atoms with Gasteiger partial charge in [-0.25, -0.2) is 9.59 Å². The highest BCUT2D eigenvalue weighted by Gasteiger charge is 2.48. The fourth-order valence-electron chi connectivity index (χ4n) is 5.07. The first-order valence-corrected chi connectivity index (χ1v) is 16.1. The van der Waals surface area contributed by atoms with Crippen LogP contribution in [-0.4, -0.2) is 116 Å². The van der Waals surface area contributed by atoms with Crippen molar-refractivity contribution in [1.82, 2.24) is 15.5 Å². The number of carboxylic acids is 1. The average Bonchev–Trinajstić information content (AvgIpc) is 3.45. The van der Waals surface area contributed by atoms with Gasteiger partial charge >= 0.3 is 12.1 Å². The Balaban J connectivity index is 1.34. The van der Waals surface area contributed by atoms with E-state index in [4.69, 9.17) is 18.9 Å². The number of aliphatic carboxylic acids is 1. The van der Waals surface area contributed by atoms with Gasteiger partial charge in [-0.1, -0.05) is 12.5 Å². The Kier molecular flexibility index (Phi) is 13.9. The number of non-ortho nitro benzene ring substituents is 1. The van der Waals surface area contributed by atoms with Crippen molar-refractivity contribution in [3.8, 4) is 11.5 Å². The molecular formula is C33H36N4O16. The van der Waals surface area contributed by atoms with E-state index in [1.54, 1.807) is 0 Å². The third kappa shape index (κ3) is 11.0. The van der Waals surface area contributed by atoms with Crippen LogP contribution in [-0.2, 0) is 35.3 Å². The number of carbonyl (C=O) groups is 6. The molecule has 1 fully saturated rings. The van der Waals surface area contributed by atoms with E-state index in [9.17, 15) is 59.3 Å². The van der Waals surface area contributed by atoms with Crippen LogP contribution in [0.5, 0.6) is 11.5 Å². The Labute approximate surface area is 300 Å². The van der Waals surface area contributed by atoms with Crippen molar-refractivity contribution in [2.45, 2.75) is 63.0 Å². The molecule has 20 nitrogen and oxygen atoms in total. The van der Waals surface area contributed by atoms with Crippen LogP contribution in [0.1, 0.15) is 41.6 Å². The number of amides is 4. The van der Waals surface area contributed by atoms with Gasteiger partial charge in [0.25, 0.3) is 23.4 Å². The molecule has 0 unspecified atom stereocenters. The fourth-order valence-corrected chi connectivity index (χ4v) is 5.07. The largest absolute Gasteiger partial charge is 0.514 e. The number of nitrogens with zero attached hydrogens (tertiary/aromatic N) is 2. The first kappa shape index (κ1) is 39.8. The fraction of sp³-hybridized carbons (Fsp3) is 0.394. The van der Waals surface area contributed by atoms with Crippen molar-refractivity contribution < 1.29 is 73.1 Å². The van der Waals surface area contributed by atoms with Crippen LogP contribution in [0.25, 0.3) is 0 Å². The Hall–Kier alpha value is -5.96. The average molecular weight is 745 g/mol. The maximum Gasteiger partial charge on any atom is 0.514 e. The summed E-state index contributed by atoms with van der Waals surface area (Å²) in [5, 5.41) is 56.0. The van der Waals surface area contributed by atoms with Crippen LogP contribution in [0.15, 0.2) is 54.6 Å². The smallest absolute Gasteiger partial charge is 0.479 e. The second kappa shape index (κ2) is 18.5. The molecule has 0 aromatic heterocycles. The molecule has 0 bridgehead atoms. The van der Waals surface area contributed by atoms with Gasteiger partial charge in [0.05, 0.1) is 10.5 Å². The third-order valence-electron chi connectivity index (χ3n) is 7.87. The molecule has 0 aliphatic carbocycles. The van der Waals surface area contributed by atoms with E-state index < -0.39 is 60.3 Å². The first-order chi connectivity index (χ1) is 25.2. The van der Waals surface area contributed by atoms with Crippen molar-refractivity contribution in [3.05, 3.63) is 75.9 Å². The standard InChI is InChI=1S/C33H36N4O16/c38-23(4-2-1-3-15-36-24(39)11-12-25(36)40)34-13-14-35-30(44)21-16-18(17-50-33(47)51-20-8-6-19(7-9-20)37(48)49)5-10-22(21)52-32-28(43)26(41)27(42)29(53-32)31(45)46/h5-12,16,26-29,32,41-43H,1-4,13-15,17H2,(H,34,38)(H,35,44)(H,45,46)/t26-,27-,28+,29-,32+/m0/s1. The molecule has 284 valence electrons. The summed E-state index contributed by atoms with van der Waals surface area (Å²) in [5.74, 6) is -3.81. The first-order valence-electron chi connectivity index (χ1n) is 16.1. The maximum absolute atomic E-state index is 13.3. The molecule has 0 radical (unpaired) electrons. The maximum atomic E-state index is 13.3. The van der Waals surface area contributed by atoms with Gasteiger partial charge in [-0.15, -0.1) is 0 Å². The van der Waals surface area contributed by atoms with Gasteiger partial charge in [0, 0.05) is 50.3 Å². The van der Waals surface area contributed by atoms with Gasteiger partial charge in [-0.2, -0.15) is 0 Å². The summed E-state index contributed by atoms with van der Waals surface area (Å²) < 4.78 is 20.8. The van der Waals surface area contributed by atoms with E-state index in [0.717, 1.165) is 17.0 Å². The summed E-state index contributed by atoms with van der Waals surface area (Å²) in [6.45, 7) is -0.265. The van der Waals surface area contributed by atoms with Crippen molar-refractivity contribution >= 4 is 41.4 Å². The van der Waals surface area contributed by atoms with Gasteiger partial charge in [-0.05, 0) is 42.7 Å². The second-order valence-corrected chi connectivity index (χ2v) is 11.7. The molecule has 2 aliphatic rings. The predicted molar refractivity (Wildman–Crippen MR) is 175 cm³/mol. The van der Waals surface area contributed by atoms with Gasteiger partial charge < -0.3 is 50.0 Å². The minimum Gasteiger partial charge on any atom is -0.479 e. The Morgan fingerprint density at radius 3 is 2.23 bits per heavy atom. The molecule has 2 aromatic rings. The molecule has 53 heavy (non-hydrogen) atoms. The molecule has 1 saturated heterocycles. The minimum absolute atomic E-state index is 0.00925. The number of ether oxygens (including phenoxy) is 4. The number of hydrogen-bond donors (Lipinski definition) is 6. The van der Waals surface area contributed by atoms with Crippen LogP contribution in [0.2, 0.25) is 0 Å². The minimum atomic E-state index is -1.99. The van der Waals surface area contributed by atoms with Crippen molar-refractivity contribution in [2.75, 3.05) is 19.6 Å². The summed E-state index contributed by atoms with van der Waals surface area (Å²) in [4.78, 5) is 83.9. The van der Waals surface area contributed by atoms with E-state index >= 15 is 0 Å². The van der Waals surface area contributed by atoms with E-state index in [1.165, 1.54) is 42.5 Å². The zero-order chi connectivity index (χ0) is 38.7. The highest BCUT2D eigenvalue weighted by molar-refractivity contribution is 6.12. The number of hydrogen-bond acceptors (Lipinski definition) is 15. The van der Waals surface area contributed by atoms with Crippen molar-refractivity contribution in [1.29, 1.82) is 0 Å². The number of unbranched alkanes of at least 4 members (excludes halogenated alkanes) is 2. The molecule has 2 aromatic carbocycles. The SMILES string of the molecule is O=C(CCCCCN1C(=O)C=CC1=O)NCCNC(=O)c1cc(COC(=O)Oc2ccc([N+](=O)[O-])cc2)ccc1O[C@@H]1O[C@H](C(=O)O)[C@@H](O)[C@H](O)[C@H]1O. The van der Waals surface area contributed by atoms with E-state index in [0.29, 0.717) is 19.3 Å². The molecule has 0 saturated carbocycles. The molecule has 4 amide bonds. The van der Waals surface area contributed by atoms with E-state index in [-0.39, 0.29) is 72.1 Å². The predicted octanol–water partition coefficient (Wildman–Crippen LogP) is -0.0872. The lowest BCUT2D eigenvalue weighted by atomic mass is 9.99. The number of nitrogens with one attached hydrogen (secondary N) is 2. The summed E-state index contributed by atoms with van der Waals surface area (Å²) in [6.07, 6.45) is -6.78. The van der Waals surface area contributed by atoms with Crippen LogP contribution in [0.4, 0.5) is 10.5 Å². The number of nitro benzene ring substituents is 1. The number of rotatable bonds is 17. The molecule has 20 heteroatoms. The summed E-state index contributed by atoms with van der Waals surface area (Å²) >= 11 is 0. The molecule has 5 atom stereocenters. The summed E-state index contributed by atoms with van der Waals surface area (Å²) in [7, 11) is 0. The molecule has 2 aliphatic heterocycles. The lowest BCUT2D eigenvalue weighted by Gasteiger charge is -2.38. The Morgan fingerprint density at radius 2 is 1.57 bits per heavy atom. The lowest BCUT2D eigenvalue weighted by molar-refractivity contribution is -0.384. The topological polar surface area (TPSA) is 291 Å². The number of benzene rings is 2. The van der Waals surface area contributed by atoms with Gasteiger partial charge in [0.1, 0.15) is 36.4 Å². The lowest BCUT2D eigenvalue weighted by Crippen LogP contribution is -2.61. The molecule has 2 heterocycles. The monoisotopic (exact) mass is 744 g/mol. The van der Waals surface area contributed by atoms with Crippen LogP contribution < -0.4 is 20.1 Å². The third-order valence-corrected chi connectivity index (χ3v) is 7.87. The molecular weight excluding hydrogens is 708 g/mol. The van der Waals surface area contributed by atoms with E-state index in [2.05, 4.69) is 10.6 Å². The van der Waals surface area contributed by atoms with Gasteiger partial charge in [-0.3, -0.25) is 34.2 Å². The number of carbonyl (C=O) groups excluding carboxylic acids is 5. The number of carboxylic acid groups (broad SMARTS) is 1. The molecule has 4 rings (SSSR count). The highest BCUT2D eigenvalue weighted by Crippen LogP contribution is 2.28. The number of nitro groups is 1. The molecule has 0 spiro atoms. The van der Waals surface area contributed by atoms with Crippen LogP contribution >= 0.6 is 0 Å². The van der Waals surface area contributed by atoms with Crippen molar-refractivity contribution in [2.24, 2.45) is 0 Å². The Bertz CT molecular complexity index is 1710. The Morgan fingerprint density at radius 1 is 0.887 bits per heavy atom. The second-order valence-electron chi connectivity index (χ2n) is 11.7. The summed E-state index contributed by atoms with van der Waals surface area (Å²) in [6, 6.07) is 8.40. The number of imide groups is 1. The normalized spacial score (nSPS) is 20.8. The quantitative estimate of drug-likeness (QED) is 0.0308. The number of aliphatic hydroxyl groups excluding tert-OH is 3. The van der Waals surface area contributed by atoms with Crippen LogP contribution in [0.3, 0.4) is 0 Å². The zero-order valence-corrected chi connectivity index (χ0v) is 27.8. The van der Waals surface area contributed by atoms with Gasteiger partial charge in [0.15, 0.2) is 6.10 Å². The highest BCUT2D eigenvalue weighted by atomic mass is 16.7. The van der Waals surface area contributed by atoms with Crippen LogP contribution in [0, 0.1) is 10.1 Å². The van der Waals surface area contributed by atoms with Crippen molar-refractivity contribution in [3.63, 3.8) is 0 Å².